The minimum absolute atomic E-state index is 0.0199. The number of hydrogen-bond acceptors (Lipinski definition) is 4. The Kier molecular flexibility index (Phi) is 8.32. The standard InChI is InChI=1S/C26H25NO6/c28-24(27-33-17-18-6-2-1-3-7-18)13-12-23(26(31)32)15-19-8-4-9-20(14-19)21-10-5-11-22(16-21)25(29)30/h1-11,14,16,23H,12-13,15,17H2,(H,27,28)(H,29,30)(H,31,32). The Hall–Kier alpha value is -3.97. The van der Waals surface area contributed by atoms with Gasteiger partial charge in [0, 0.05) is 6.42 Å². The van der Waals surface area contributed by atoms with Gasteiger partial charge in [0.15, 0.2) is 0 Å². The molecular formula is C26H25NO6. The molecule has 3 N–H and O–H groups in total. The highest BCUT2D eigenvalue weighted by Crippen LogP contribution is 2.24. The van der Waals surface area contributed by atoms with Crippen molar-refractivity contribution in [3.05, 3.63) is 95.6 Å². The van der Waals surface area contributed by atoms with Crippen LogP contribution in [-0.2, 0) is 27.5 Å². The Bertz CT molecular complexity index is 1110. The normalized spacial score (nSPS) is 11.5. The van der Waals surface area contributed by atoms with Crippen LogP contribution in [0.5, 0.6) is 0 Å². The van der Waals surface area contributed by atoms with Crippen LogP contribution in [-0.4, -0.2) is 28.1 Å². The number of benzene rings is 3. The number of nitrogens with one attached hydrogen (secondary N) is 1. The first-order chi connectivity index (χ1) is 15.9. The summed E-state index contributed by atoms with van der Waals surface area (Å²) in [7, 11) is 0. The lowest BCUT2D eigenvalue weighted by molar-refractivity contribution is -0.142. The van der Waals surface area contributed by atoms with E-state index in [4.69, 9.17) is 4.84 Å². The molecule has 0 bridgehead atoms. The zero-order valence-corrected chi connectivity index (χ0v) is 17.9. The molecule has 0 aromatic heterocycles. The summed E-state index contributed by atoms with van der Waals surface area (Å²) in [5.74, 6) is -3.11. The summed E-state index contributed by atoms with van der Waals surface area (Å²) in [4.78, 5) is 40.2. The molecule has 7 nitrogen and oxygen atoms in total. The molecule has 0 aliphatic carbocycles. The number of aromatic carboxylic acids is 1. The summed E-state index contributed by atoms with van der Waals surface area (Å²) < 4.78 is 0. The van der Waals surface area contributed by atoms with E-state index in [-0.39, 0.29) is 37.3 Å². The van der Waals surface area contributed by atoms with Gasteiger partial charge in [0.1, 0.15) is 0 Å². The minimum Gasteiger partial charge on any atom is -0.481 e. The van der Waals surface area contributed by atoms with Crippen LogP contribution >= 0.6 is 0 Å². The minimum atomic E-state index is -1.01. The number of aliphatic carboxylic acids is 1. The number of carboxylic acids is 2. The summed E-state index contributed by atoms with van der Waals surface area (Å²) in [5.41, 5.74) is 5.77. The lowest BCUT2D eigenvalue weighted by Gasteiger charge is -2.13. The van der Waals surface area contributed by atoms with Crippen LogP contribution in [0.25, 0.3) is 11.1 Å². The molecule has 0 fully saturated rings. The fourth-order valence-corrected chi connectivity index (χ4v) is 3.44. The van der Waals surface area contributed by atoms with Gasteiger partial charge in [-0.25, -0.2) is 10.3 Å². The lowest BCUT2D eigenvalue weighted by Crippen LogP contribution is -2.25. The van der Waals surface area contributed by atoms with Gasteiger partial charge in [0.05, 0.1) is 18.1 Å². The monoisotopic (exact) mass is 447 g/mol. The van der Waals surface area contributed by atoms with Crippen LogP contribution in [0.2, 0.25) is 0 Å². The maximum Gasteiger partial charge on any atom is 0.335 e. The molecule has 0 heterocycles. The summed E-state index contributed by atoms with van der Waals surface area (Å²) in [6, 6.07) is 23.3. The SMILES string of the molecule is O=C(CCC(Cc1cccc(-c2cccc(C(=O)O)c2)c1)C(=O)O)NOCc1ccccc1. The van der Waals surface area contributed by atoms with Crippen molar-refractivity contribution in [3.8, 4) is 11.1 Å². The van der Waals surface area contributed by atoms with Crippen LogP contribution in [0.1, 0.15) is 34.3 Å². The third-order valence-corrected chi connectivity index (χ3v) is 5.19. The van der Waals surface area contributed by atoms with Crippen molar-refractivity contribution in [1.82, 2.24) is 5.48 Å². The molecule has 33 heavy (non-hydrogen) atoms. The molecule has 0 aliphatic rings. The Labute approximate surface area is 191 Å². The quantitative estimate of drug-likeness (QED) is 0.377. The third kappa shape index (κ3) is 7.29. The summed E-state index contributed by atoms with van der Waals surface area (Å²) >= 11 is 0. The van der Waals surface area contributed by atoms with Crippen molar-refractivity contribution in [1.29, 1.82) is 0 Å². The Morgan fingerprint density at radius 1 is 0.818 bits per heavy atom. The number of carbonyl (C=O) groups excluding carboxylic acids is 1. The highest BCUT2D eigenvalue weighted by atomic mass is 16.6. The average molecular weight is 447 g/mol. The van der Waals surface area contributed by atoms with E-state index < -0.39 is 17.9 Å². The number of rotatable bonds is 11. The van der Waals surface area contributed by atoms with Crippen LogP contribution in [0.4, 0.5) is 0 Å². The van der Waals surface area contributed by atoms with Crippen molar-refractivity contribution in [2.45, 2.75) is 25.9 Å². The Morgan fingerprint density at radius 3 is 2.18 bits per heavy atom. The van der Waals surface area contributed by atoms with Crippen LogP contribution in [0, 0.1) is 5.92 Å². The molecule has 0 radical (unpaired) electrons. The molecule has 7 heteroatoms. The number of hydrogen-bond donors (Lipinski definition) is 3. The molecular weight excluding hydrogens is 422 g/mol. The van der Waals surface area contributed by atoms with Gasteiger partial charge in [0.2, 0.25) is 5.91 Å². The van der Waals surface area contributed by atoms with Crippen molar-refractivity contribution in [3.63, 3.8) is 0 Å². The zero-order valence-electron chi connectivity index (χ0n) is 17.9. The van der Waals surface area contributed by atoms with E-state index in [0.717, 1.165) is 22.3 Å². The molecule has 0 aliphatic heterocycles. The molecule has 170 valence electrons. The van der Waals surface area contributed by atoms with Gasteiger partial charge in [-0.1, -0.05) is 66.7 Å². The topological polar surface area (TPSA) is 113 Å². The number of hydroxylamine groups is 1. The summed E-state index contributed by atoms with van der Waals surface area (Å²) in [6.45, 7) is 0.227. The lowest BCUT2D eigenvalue weighted by atomic mass is 9.92. The largest absolute Gasteiger partial charge is 0.481 e. The Balaban J connectivity index is 1.57. The number of carboxylic acid groups (broad SMARTS) is 2. The van der Waals surface area contributed by atoms with Gasteiger partial charge in [-0.2, -0.15) is 0 Å². The van der Waals surface area contributed by atoms with E-state index >= 15 is 0 Å². The molecule has 0 spiro atoms. The Morgan fingerprint density at radius 2 is 1.48 bits per heavy atom. The van der Waals surface area contributed by atoms with Crippen molar-refractivity contribution < 1.29 is 29.4 Å². The predicted octanol–water partition coefficient (Wildman–Crippen LogP) is 4.32. The van der Waals surface area contributed by atoms with Gasteiger partial charge in [-0.05, 0) is 47.2 Å². The second-order valence-corrected chi connectivity index (χ2v) is 7.66. The predicted molar refractivity (Wildman–Crippen MR) is 122 cm³/mol. The molecule has 0 saturated carbocycles. The third-order valence-electron chi connectivity index (χ3n) is 5.19. The van der Waals surface area contributed by atoms with Crippen LogP contribution in [0.15, 0.2) is 78.9 Å². The first-order valence-electron chi connectivity index (χ1n) is 10.5. The van der Waals surface area contributed by atoms with Crippen molar-refractivity contribution >= 4 is 17.8 Å². The van der Waals surface area contributed by atoms with Crippen LogP contribution < -0.4 is 5.48 Å². The van der Waals surface area contributed by atoms with E-state index in [2.05, 4.69) is 5.48 Å². The number of amides is 1. The maximum absolute atomic E-state index is 12.1. The average Bonchev–Trinajstić information content (AvgIpc) is 2.82. The number of carbonyl (C=O) groups is 3. The maximum atomic E-state index is 12.1. The van der Waals surface area contributed by atoms with E-state index in [1.165, 1.54) is 6.07 Å². The summed E-state index contributed by atoms with van der Waals surface area (Å²) in [5, 5.41) is 18.8. The van der Waals surface area contributed by atoms with Gasteiger partial charge < -0.3 is 10.2 Å². The molecule has 1 atom stereocenters. The van der Waals surface area contributed by atoms with Crippen LogP contribution in [0.3, 0.4) is 0 Å². The highest BCUT2D eigenvalue weighted by Gasteiger charge is 2.20. The van der Waals surface area contributed by atoms with Crippen molar-refractivity contribution in [2.24, 2.45) is 5.92 Å². The van der Waals surface area contributed by atoms with Gasteiger partial charge in [-0.3, -0.25) is 14.4 Å². The molecule has 3 rings (SSSR count). The second-order valence-electron chi connectivity index (χ2n) is 7.66. The molecule has 1 amide bonds. The van der Waals surface area contributed by atoms with Crippen molar-refractivity contribution in [2.75, 3.05) is 0 Å². The van der Waals surface area contributed by atoms with E-state index in [1.54, 1.807) is 24.3 Å². The fraction of sp³-hybridized carbons (Fsp3) is 0.192. The molecule has 3 aromatic carbocycles. The summed E-state index contributed by atoms with van der Waals surface area (Å²) in [6.07, 6.45) is 0.431. The van der Waals surface area contributed by atoms with E-state index in [0.29, 0.717) is 0 Å². The smallest absolute Gasteiger partial charge is 0.335 e. The molecule has 0 saturated heterocycles. The molecule has 3 aromatic rings. The first kappa shape index (κ1) is 23.7. The highest BCUT2D eigenvalue weighted by molar-refractivity contribution is 5.89. The molecule has 1 unspecified atom stereocenters. The van der Waals surface area contributed by atoms with Gasteiger partial charge in [-0.15, -0.1) is 0 Å². The van der Waals surface area contributed by atoms with Gasteiger partial charge in [0.25, 0.3) is 0 Å². The van der Waals surface area contributed by atoms with Gasteiger partial charge >= 0.3 is 11.9 Å². The van der Waals surface area contributed by atoms with E-state index in [1.807, 2.05) is 48.5 Å². The van der Waals surface area contributed by atoms with E-state index in [9.17, 15) is 24.6 Å². The fourth-order valence-electron chi connectivity index (χ4n) is 3.44. The first-order valence-corrected chi connectivity index (χ1v) is 10.5. The second kappa shape index (κ2) is 11.6. The zero-order chi connectivity index (χ0) is 23.6.